The van der Waals surface area contributed by atoms with Crippen LogP contribution in [0.1, 0.15) is 258 Å². The van der Waals surface area contributed by atoms with Crippen molar-refractivity contribution in [3.63, 3.8) is 0 Å². The summed E-state index contributed by atoms with van der Waals surface area (Å²) in [6.07, 6.45) is 39.5. The fraction of sp³-hybridized carbons (Fsp3) is 0.918. The lowest BCUT2D eigenvalue weighted by Gasteiger charge is -2.42. The zero-order chi connectivity index (χ0) is 54.4. The van der Waals surface area contributed by atoms with Crippen LogP contribution in [-0.4, -0.2) is 142 Å². The molecule has 11 atom stereocenters. The lowest BCUT2D eigenvalue weighted by Crippen LogP contribution is -2.61. The van der Waals surface area contributed by atoms with E-state index < -0.39 is 80.7 Å². The zero-order valence-corrected chi connectivity index (χ0v) is 47.6. The molecule has 2 aliphatic heterocycles. The summed E-state index contributed by atoms with van der Waals surface area (Å²) in [5.41, 5.74) is 0. The Morgan fingerprint density at radius 3 is 1.28 bits per heavy atom. The Labute approximate surface area is 456 Å². The second kappa shape index (κ2) is 48.4. The molecule has 2 heterocycles. The van der Waals surface area contributed by atoms with Crippen LogP contribution in [0.3, 0.4) is 0 Å². The summed E-state index contributed by atoms with van der Waals surface area (Å²) in [6.45, 7) is 3.73. The van der Waals surface area contributed by atoms with Crippen molar-refractivity contribution in [2.45, 2.75) is 325 Å². The van der Waals surface area contributed by atoms with Crippen molar-refractivity contribution < 1.29 is 69.0 Å². The van der Waals surface area contributed by atoms with Gasteiger partial charge < -0.3 is 64.2 Å². The number of unbranched alkanes of at least 4 members (excludes halogenated alkanes) is 33. The number of esters is 1. The number of carbonyl (C=O) groups is 1. The molecule has 2 aliphatic rings. The topological polar surface area (TPSA) is 214 Å². The second-order valence-corrected chi connectivity index (χ2v) is 21.9. The molecule has 0 aromatic rings. The van der Waals surface area contributed by atoms with Gasteiger partial charge in [-0.05, 0) is 44.9 Å². The average molecular weight is 1070 g/mol. The summed E-state index contributed by atoms with van der Waals surface area (Å²) < 4.78 is 34.5. The summed E-state index contributed by atoms with van der Waals surface area (Å²) in [5.74, 6) is -0.371. The highest BCUT2D eigenvalue weighted by Crippen LogP contribution is 2.27. The SMILES string of the molecule is CCCCCCC/C=C\C/C=C\CCCCCCCCCCCCCCOCC(COC1OC(COC2OC(CO)C(O)C(O)C2O)C(O)C(O)C1O)OC(=O)CCCCCCCCCCCCCCCCCCC. The highest BCUT2D eigenvalue weighted by atomic mass is 16.7. The molecule has 0 aromatic carbocycles. The molecule has 2 rings (SSSR count). The van der Waals surface area contributed by atoms with E-state index in [1.807, 2.05) is 0 Å². The van der Waals surface area contributed by atoms with Gasteiger partial charge in [-0.2, -0.15) is 0 Å². The first-order valence-corrected chi connectivity index (χ1v) is 30.9. The molecular weight excluding hydrogens is 957 g/mol. The van der Waals surface area contributed by atoms with E-state index in [1.54, 1.807) is 0 Å². The fourth-order valence-corrected chi connectivity index (χ4v) is 9.97. The molecule has 0 spiro atoms. The normalized spacial score (nSPS) is 24.7. The van der Waals surface area contributed by atoms with Gasteiger partial charge in [0, 0.05) is 13.0 Å². The van der Waals surface area contributed by atoms with E-state index >= 15 is 0 Å². The summed E-state index contributed by atoms with van der Waals surface area (Å²) in [6, 6.07) is 0. The van der Waals surface area contributed by atoms with Crippen LogP contribution in [0, 0.1) is 0 Å². The Kier molecular flexibility index (Phi) is 44.9. The van der Waals surface area contributed by atoms with Gasteiger partial charge in [-0.25, -0.2) is 0 Å². The minimum atomic E-state index is -1.70. The molecule has 442 valence electrons. The van der Waals surface area contributed by atoms with Crippen LogP contribution >= 0.6 is 0 Å². The maximum atomic E-state index is 13.1. The van der Waals surface area contributed by atoms with Gasteiger partial charge in [0.25, 0.3) is 0 Å². The molecule has 7 N–H and O–H groups in total. The smallest absolute Gasteiger partial charge is 0.306 e. The first kappa shape index (κ1) is 69.6. The number of rotatable bonds is 51. The maximum absolute atomic E-state index is 13.1. The molecular formula is C61H114O14. The quantitative estimate of drug-likeness (QED) is 0.0172. The van der Waals surface area contributed by atoms with Gasteiger partial charge in [0.05, 0.1) is 26.4 Å². The van der Waals surface area contributed by atoms with Crippen LogP contribution in [0.4, 0.5) is 0 Å². The van der Waals surface area contributed by atoms with E-state index in [0.29, 0.717) is 13.0 Å². The summed E-state index contributed by atoms with van der Waals surface area (Å²) in [5, 5.41) is 72.4. The van der Waals surface area contributed by atoms with Gasteiger partial charge in [-0.3, -0.25) is 4.79 Å². The summed E-state index contributed by atoms with van der Waals surface area (Å²) >= 11 is 0. The highest BCUT2D eigenvalue weighted by molar-refractivity contribution is 5.69. The molecule has 0 amide bonds. The van der Waals surface area contributed by atoms with E-state index in [9.17, 15) is 40.5 Å². The average Bonchev–Trinajstić information content (AvgIpc) is 3.41. The van der Waals surface area contributed by atoms with Crippen LogP contribution in [0.5, 0.6) is 0 Å². The number of allylic oxidation sites excluding steroid dienone is 4. The predicted octanol–water partition coefficient (Wildman–Crippen LogP) is 11.5. The standard InChI is InChI=1S/C61H114O14/c1-3-5-7-9-11-13-15-17-19-21-22-23-24-25-26-27-29-31-33-35-37-39-41-43-45-70-47-50(73-53(63)44-42-40-38-36-34-32-30-28-20-18-16-14-12-10-8-6-4-2)48-71-60-59(69)57(67)55(65)52(75-60)49-72-61-58(68)56(66)54(64)51(46-62)74-61/h15,17,21-22,50-52,54-62,64-69H,3-14,16,18-20,23-49H2,1-2H3/b17-15-,22-21-. The Morgan fingerprint density at radius 2 is 0.827 bits per heavy atom. The Balaban J connectivity index is 1.68. The van der Waals surface area contributed by atoms with Crippen LogP contribution < -0.4 is 0 Å². The Bertz CT molecular complexity index is 1330. The van der Waals surface area contributed by atoms with E-state index in [4.69, 9.17) is 28.4 Å². The predicted molar refractivity (Wildman–Crippen MR) is 298 cm³/mol. The first-order chi connectivity index (χ1) is 36.6. The largest absolute Gasteiger partial charge is 0.457 e. The van der Waals surface area contributed by atoms with Gasteiger partial charge in [-0.15, -0.1) is 0 Å². The van der Waals surface area contributed by atoms with Crippen molar-refractivity contribution in [2.24, 2.45) is 0 Å². The monoisotopic (exact) mass is 1070 g/mol. The minimum absolute atomic E-state index is 0.0656. The van der Waals surface area contributed by atoms with Crippen molar-refractivity contribution in [3.8, 4) is 0 Å². The number of hydrogen-bond acceptors (Lipinski definition) is 14. The fourth-order valence-electron chi connectivity index (χ4n) is 9.97. The molecule has 0 aliphatic carbocycles. The second-order valence-electron chi connectivity index (χ2n) is 21.9. The lowest BCUT2D eigenvalue weighted by molar-refractivity contribution is -0.332. The number of carbonyl (C=O) groups excluding carboxylic acids is 1. The highest BCUT2D eigenvalue weighted by Gasteiger charge is 2.47. The van der Waals surface area contributed by atoms with Crippen molar-refractivity contribution in [1.29, 1.82) is 0 Å². The first-order valence-electron chi connectivity index (χ1n) is 30.9. The molecule has 11 unspecified atom stereocenters. The molecule has 0 saturated carbocycles. The van der Waals surface area contributed by atoms with Crippen LogP contribution in [0.15, 0.2) is 24.3 Å². The van der Waals surface area contributed by atoms with Crippen molar-refractivity contribution in [3.05, 3.63) is 24.3 Å². The molecule has 0 radical (unpaired) electrons. The Hall–Kier alpha value is -1.53. The molecule has 14 nitrogen and oxygen atoms in total. The number of aliphatic hydroxyl groups is 7. The van der Waals surface area contributed by atoms with Gasteiger partial charge >= 0.3 is 5.97 Å². The summed E-state index contributed by atoms with van der Waals surface area (Å²) in [7, 11) is 0. The van der Waals surface area contributed by atoms with Gasteiger partial charge in [0.1, 0.15) is 54.9 Å². The molecule has 0 aromatic heterocycles. The van der Waals surface area contributed by atoms with E-state index in [-0.39, 0.29) is 25.6 Å². The van der Waals surface area contributed by atoms with Crippen LogP contribution in [0.25, 0.3) is 0 Å². The van der Waals surface area contributed by atoms with Crippen molar-refractivity contribution >= 4 is 5.97 Å². The summed E-state index contributed by atoms with van der Waals surface area (Å²) in [4.78, 5) is 13.1. The minimum Gasteiger partial charge on any atom is -0.457 e. The number of ether oxygens (including phenoxy) is 6. The van der Waals surface area contributed by atoms with Gasteiger partial charge in [0.2, 0.25) is 0 Å². The molecule has 2 saturated heterocycles. The lowest BCUT2D eigenvalue weighted by atomic mass is 9.98. The Morgan fingerprint density at radius 1 is 0.440 bits per heavy atom. The van der Waals surface area contributed by atoms with Crippen molar-refractivity contribution in [1.82, 2.24) is 0 Å². The zero-order valence-electron chi connectivity index (χ0n) is 47.6. The number of aliphatic hydroxyl groups excluding tert-OH is 7. The molecule has 2 fully saturated rings. The van der Waals surface area contributed by atoms with Crippen LogP contribution in [0.2, 0.25) is 0 Å². The van der Waals surface area contributed by atoms with E-state index in [2.05, 4.69) is 38.2 Å². The molecule has 75 heavy (non-hydrogen) atoms. The third-order valence-electron chi connectivity index (χ3n) is 15.0. The number of hydrogen-bond donors (Lipinski definition) is 7. The molecule has 14 heteroatoms. The van der Waals surface area contributed by atoms with E-state index in [0.717, 1.165) is 44.9 Å². The van der Waals surface area contributed by atoms with E-state index in [1.165, 1.54) is 186 Å². The van der Waals surface area contributed by atoms with Crippen LogP contribution in [-0.2, 0) is 33.2 Å². The van der Waals surface area contributed by atoms with Gasteiger partial charge in [0.15, 0.2) is 12.6 Å². The van der Waals surface area contributed by atoms with Crippen molar-refractivity contribution in [2.75, 3.05) is 33.0 Å². The third kappa shape index (κ3) is 35.0. The maximum Gasteiger partial charge on any atom is 0.306 e. The third-order valence-corrected chi connectivity index (χ3v) is 15.0. The molecule has 0 bridgehead atoms. The van der Waals surface area contributed by atoms with Gasteiger partial charge in [-0.1, -0.05) is 231 Å².